The van der Waals surface area contributed by atoms with E-state index in [9.17, 15) is 42.2 Å². The van der Waals surface area contributed by atoms with Crippen LogP contribution in [0.4, 0.5) is 32.6 Å². The lowest BCUT2D eigenvalue weighted by Crippen LogP contribution is -2.68. The topological polar surface area (TPSA) is 71.0 Å². The molecule has 6 nitrogen and oxygen atoms in total. The number of halogens is 8. The third kappa shape index (κ3) is 5.14. The Morgan fingerprint density at radius 2 is 1.76 bits per heavy atom. The van der Waals surface area contributed by atoms with Crippen molar-refractivity contribution in [2.75, 3.05) is 20.3 Å². The molecular formula is C19H21F8N3O3S. The van der Waals surface area contributed by atoms with E-state index in [2.05, 4.69) is 10.3 Å². The third-order valence-corrected chi connectivity index (χ3v) is 7.16. The smallest absolute Gasteiger partial charge is 0.381 e. The van der Waals surface area contributed by atoms with Gasteiger partial charge in [0.15, 0.2) is 0 Å². The predicted molar refractivity (Wildman–Crippen MR) is 107 cm³/mol. The van der Waals surface area contributed by atoms with Crippen molar-refractivity contribution in [2.24, 2.45) is 10.9 Å². The van der Waals surface area contributed by atoms with Gasteiger partial charge in [0.05, 0.1) is 18.1 Å². The summed E-state index contributed by atoms with van der Waals surface area (Å²) >= 11 is 0. The molecule has 0 aliphatic carbocycles. The zero-order valence-corrected chi connectivity index (χ0v) is 18.7. The van der Waals surface area contributed by atoms with Crippen molar-refractivity contribution >= 4 is 28.0 Å². The van der Waals surface area contributed by atoms with Crippen molar-refractivity contribution in [2.45, 2.75) is 42.3 Å². The number of carbonyl (C=O) groups is 2. The minimum atomic E-state index is -9.96. The van der Waals surface area contributed by atoms with Crippen molar-refractivity contribution in [1.82, 2.24) is 10.2 Å². The van der Waals surface area contributed by atoms with Gasteiger partial charge in [0.2, 0.25) is 11.9 Å². The van der Waals surface area contributed by atoms with Crippen molar-refractivity contribution in [3.63, 3.8) is 0 Å². The van der Waals surface area contributed by atoms with Crippen LogP contribution in [-0.2, 0) is 14.3 Å². The van der Waals surface area contributed by atoms with Gasteiger partial charge in [-0.3, -0.25) is 14.5 Å². The maximum absolute atomic E-state index is 13.2. The average Bonchev–Trinajstić information content (AvgIpc) is 2.70. The molecule has 1 aromatic rings. The fourth-order valence-electron chi connectivity index (χ4n) is 4.17. The number of ether oxygens (including phenoxy) is 1. The predicted octanol–water partition coefficient (Wildman–Crippen LogP) is 5.12. The van der Waals surface area contributed by atoms with Gasteiger partial charge >= 0.3 is 22.3 Å². The van der Waals surface area contributed by atoms with Gasteiger partial charge in [0, 0.05) is 19.6 Å². The van der Waals surface area contributed by atoms with Crippen molar-refractivity contribution in [3.05, 3.63) is 29.8 Å². The van der Waals surface area contributed by atoms with Crippen LogP contribution in [0.2, 0.25) is 0 Å². The molecule has 2 heterocycles. The molecule has 0 radical (unpaired) electrons. The summed E-state index contributed by atoms with van der Waals surface area (Å²) in [7, 11) is -8.93. The monoisotopic (exact) mass is 523 g/mol. The van der Waals surface area contributed by atoms with E-state index in [4.69, 9.17) is 4.74 Å². The van der Waals surface area contributed by atoms with E-state index in [0.717, 1.165) is 19.2 Å². The van der Waals surface area contributed by atoms with E-state index >= 15 is 0 Å². The minimum absolute atomic E-state index is 0.0566. The van der Waals surface area contributed by atoms with Gasteiger partial charge < -0.3 is 10.1 Å². The second-order valence-electron chi connectivity index (χ2n) is 8.43. The Hall–Kier alpha value is -2.42. The quantitative estimate of drug-likeness (QED) is 0.559. The minimum Gasteiger partial charge on any atom is -0.381 e. The normalized spacial score (nSPS) is 29.9. The van der Waals surface area contributed by atoms with Crippen molar-refractivity contribution in [3.8, 4) is 0 Å². The number of amides is 2. The number of nitrogens with zero attached hydrogens (tertiary/aromatic N) is 2. The Kier molecular flexibility index (Phi) is 5.81. The Bertz CT molecular complexity index is 1020. The first-order valence-electron chi connectivity index (χ1n) is 9.91. The maximum atomic E-state index is 13.2. The molecule has 0 bridgehead atoms. The van der Waals surface area contributed by atoms with E-state index in [1.54, 1.807) is 0 Å². The van der Waals surface area contributed by atoms with Crippen LogP contribution in [0, 0.1) is 5.92 Å². The fraction of sp³-hybridized carbons (Fsp3) is 0.526. The molecule has 2 saturated heterocycles. The molecule has 0 spiro atoms. The molecule has 15 heteroatoms. The number of nitrogens with one attached hydrogen (secondary N) is 1. The van der Waals surface area contributed by atoms with Crippen LogP contribution in [0.5, 0.6) is 0 Å². The lowest BCUT2D eigenvalue weighted by atomic mass is 9.68. The SMILES string of the molecule is CN1C(=O)[C@H](c2ccc(S(F)(F)(F)(F)F)cc2)[C@@](C)(C2CCCOC2)N/C1=N/C(=O)C(F)(F)F. The lowest BCUT2D eigenvalue weighted by molar-refractivity contribution is -0.169. The van der Waals surface area contributed by atoms with Gasteiger partial charge in [0.25, 0.3) is 0 Å². The van der Waals surface area contributed by atoms with Crippen molar-refractivity contribution < 1.29 is 46.9 Å². The number of likely N-dealkylation sites (N-methyl/N-ethyl adjacent to an activating group) is 1. The molecule has 2 fully saturated rings. The molecule has 2 aliphatic rings. The number of hydrogen-bond acceptors (Lipinski definition) is 3. The molecule has 2 aliphatic heterocycles. The first-order valence-corrected chi connectivity index (χ1v) is 11.9. The van der Waals surface area contributed by atoms with E-state index < -0.39 is 56.4 Å². The summed E-state index contributed by atoms with van der Waals surface area (Å²) in [6, 6.07) is 1.80. The summed E-state index contributed by atoms with van der Waals surface area (Å²) in [6.45, 7) is 1.88. The lowest BCUT2D eigenvalue weighted by Gasteiger charge is -2.50. The molecule has 1 unspecified atom stereocenters. The highest BCUT2D eigenvalue weighted by atomic mass is 32.5. The summed E-state index contributed by atoms with van der Waals surface area (Å²) in [5, 5.41) is 2.68. The molecule has 2 amide bonds. The second-order valence-corrected chi connectivity index (χ2v) is 10.8. The molecule has 1 N–H and O–H groups in total. The van der Waals surface area contributed by atoms with E-state index in [1.807, 2.05) is 0 Å². The van der Waals surface area contributed by atoms with Crippen LogP contribution in [0.25, 0.3) is 0 Å². The molecule has 0 saturated carbocycles. The zero-order chi connectivity index (χ0) is 25.8. The number of carbonyl (C=O) groups excluding carboxylic acids is 2. The highest BCUT2D eigenvalue weighted by molar-refractivity contribution is 8.45. The number of aliphatic imine (C=N–C) groups is 1. The van der Waals surface area contributed by atoms with Gasteiger partial charge in [-0.25, -0.2) is 0 Å². The Morgan fingerprint density at radius 1 is 1.18 bits per heavy atom. The van der Waals surface area contributed by atoms with Gasteiger partial charge in [-0.1, -0.05) is 31.6 Å². The van der Waals surface area contributed by atoms with Gasteiger partial charge in [-0.2, -0.15) is 18.2 Å². The molecule has 1 aromatic carbocycles. The molecular weight excluding hydrogens is 502 g/mol. The van der Waals surface area contributed by atoms with Gasteiger partial charge in [-0.05, 0) is 37.5 Å². The summed E-state index contributed by atoms with van der Waals surface area (Å²) < 4.78 is 109. The maximum Gasteiger partial charge on any atom is 0.473 e. The van der Waals surface area contributed by atoms with E-state index in [-0.39, 0.29) is 24.3 Å². The summed E-state index contributed by atoms with van der Waals surface area (Å²) in [5.74, 6) is -5.89. The van der Waals surface area contributed by atoms with Crippen molar-refractivity contribution in [1.29, 1.82) is 0 Å². The van der Waals surface area contributed by atoms with Crippen LogP contribution < -0.4 is 5.32 Å². The standard InChI is InChI=1S/C19H21F8N3O3S/c1-18(12-4-3-9-33-10-12)14(11-5-7-13(8-6-11)34(23,24,25,26)27)15(31)30(2)17(29-18)28-16(32)19(20,21)22/h5-8,12,14H,3-4,9-10H2,1-2H3,(H,28,29,32)/t12?,14-,18+/m0/s1. The summed E-state index contributed by atoms with van der Waals surface area (Å²) in [4.78, 5) is 26.1. The van der Waals surface area contributed by atoms with Gasteiger partial charge in [0.1, 0.15) is 4.90 Å². The van der Waals surface area contributed by atoms with Crippen LogP contribution in [0.1, 0.15) is 31.2 Å². The summed E-state index contributed by atoms with van der Waals surface area (Å²) in [6.07, 6.45) is -4.35. The average molecular weight is 523 g/mol. The van der Waals surface area contributed by atoms with Crippen LogP contribution in [-0.4, -0.2) is 54.7 Å². The highest BCUT2D eigenvalue weighted by Crippen LogP contribution is 3.02. The Labute approximate surface area is 189 Å². The zero-order valence-electron chi connectivity index (χ0n) is 17.8. The molecule has 3 rings (SSSR count). The molecule has 3 atom stereocenters. The fourth-order valence-corrected chi connectivity index (χ4v) is 4.82. The van der Waals surface area contributed by atoms with E-state index in [0.29, 0.717) is 24.3 Å². The number of hydrogen-bond donors (Lipinski definition) is 1. The second kappa shape index (κ2) is 7.54. The number of guanidine groups is 1. The number of alkyl halides is 3. The molecule has 34 heavy (non-hydrogen) atoms. The van der Waals surface area contributed by atoms with Crippen LogP contribution >= 0.6 is 10.2 Å². The number of rotatable bonds is 3. The Balaban J connectivity index is 2.09. The highest BCUT2D eigenvalue weighted by Gasteiger charge is 2.65. The van der Waals surface area contributed by atoms with Crippen LogP contribution in [0.3, 0.4) is 0 Å². The largest absolute Gasteiger partial charge is 0.473 e. The third-order valence-electron chi connectivity index (χ3n) is 5.99. The van der Waals surface area contributed by atoms with Gasteiger partial charge in [-0.15, -0.1) is 0 Å². The van der Waals surface area contributed by atoms with E-state index in [1.165, 1.54) is 6.92 Å². The first kappa shape index (κ1) is 26.2. The molecule has 0 aromatic heterocycles. The van der Waals surface area contributed by atoms with Crippen LogP contribution in [0.15, 0.2) is 34.2 Å². The molecule has 192 valence electrons. The first-order chi connectivity index (χ1) is 15.2. The Morgan fingerprint density at radius 3 is 2.24 bits per heavy atom. The number of benzene rings is 1. The summed E-state index contributed by atoms with van der Waals surface area (Å²) in [5.41, 5.74) is -1.55.